The molecule has 1 aromatic heterocycles. The molecule has 0 aromatic carbocycles. The molecule has 1 aromatic rings. The first-order valence-corrected chi connectivity index (χ1v) is 6.27. The van der Waals surface area contributed by atoms with Crippen molar-refractivity contribution >= 4 is 28.3 Å². The Morgan fingerprint density at radius 2 is 2.31 bits per heavy atom. The van der Waals surface area contributed by atoms with Gasteiger partial charge in [0, 0.05) is 29.4 Å². The van der Waals surface area contributed by atoms with Crippen molar-refractivity contribution < 1.29 is 14.1 Å². The van der Waals surface area contributed by atoms with Crippen molar-refractivity contribution in [1.29, 1.82) is 0 Å². The van der Waals surface area contributed by atoms with Crippen LogP contribution in [0.15, 0.2) is 12.1 Å². The Balaban J connectivity index is 2.74. The molecular weight excluding hydrogens is 230 g/mol. The number of hydrogen-bond acceptors (Lipinski definition) is 5. The minimum absolute atomic E-state index is 0.0747. The van der Waals surface area contributed by atoms with Crippen LogP contribution in [0.2, 0.25) is 0 Å². The molecule has 6 nitrogen and oxygen atoms in total. The molecule has 0 amide bonds. The van der Waals surface area contributed by atoms with Crippen molar-refractivity contribution in [2.24, 2.45) is 0 Å². The number of nitrogens with two attached hydrogens (primary N) is 1. The zero-order chi connectivity index (χ0) is 12.1. The van der Waals surface area contributed by atoms with Gasteiger partial charge in [-0.25, -0.2) is 9.78 Å². The van der Waals surface area contributed by atoms with Crippen LogP contribution < -0.4 is 11.1 Å². The predicted octanol–water partition coefficient (Wildman–Crippen LogP) is 0.152. The number of aromatic nitrogens is 1. The number of nitrogens with one attached hydrogen (secondary N) is 1. The molecule has 16 heavy (non-hydrogen) atoms. The van der Waals surface area contributed by atoms with E-state index in [4.69, 9.17) is 10.8 Å². The third kappa shape index (κ3) is 3.50. The lowest BCUT2D eigenvalue weighted by Gasteiger charge is -2.07. The first-order valence-electron chi connectivity index (χ1n) is 4.54. The first kappa shape index (κ1) is 12.4. The van der Waals surface area contributed by atoms with Gasteiger partial charge in [0.05, 0.1) is 5.69 Å². The number of anilines is 2. The fourth-order valence-electron chi connectivity index (χ4n) is 1.04. The second-order valence-corrected chi connectivity index (χ2v) is 4.70. The molecule has 0 radical (unpaired) electrons. The van der Waals surface area contributed by atoms with Crippen molar-refractivity contribution in [1.82, 2.24) is 4.98 Å². The Hall–Kier alpha value is -1.63. The normalized spacial score (nSPS) is 12.1. The Morgan fingerprint density at radius 3 is 2.88 bits per heavy atom. The van der Waals surface area contributed by atoms with Crippen LogP contribution in [0.5, 0.6) is 0 Å². The second kappa shape index (κ2) is 5.45. The van der Waals surface area contributed by atoms with Gasteiger partial charge in [-0.3, -0.25) is 4.21 Å². The Labute approximate surface area is 95.3 Å². The van der Waals surface area contributed by atoms with E-state index in [1.165, 1.54) is 12.1 Å². The zero-order valence-corrected chi connectivity index (χ0v) is 9.58. The smallest absolute Gasteiger partial charge is 0.354 e. The summed E-state index contributed by atoms with van der Waals surface area (Å²) in [4.78, 5) is 14.5. The minimum atomic E-state index is -1.11. The van der Waals surface area contributed by atoms with Crippen LogP contribution in [-0.4, -0.2) is 38.8 Å². The highest BCUT2D eigenvalue weighted by molar-refractivity contribution is 7.84. The van der Waals surface area contributed by atoms with E-state index in [1.54, 1.807) is 6.26 Å². The van der Waals surface area contributed by atoms with Gasteiger partial charge in [0.15, 0.2) is 5.69 Å². The summed E-state index contributed by atoms with van der Waals surface area (Å²) < 4.78 is 10.8. The van der Waals surface area contributed by atoms with E-state index in [2.05, 4.69) is 10.3 Å². The molecule has 1 heterocycles. The summed E-state index contributed by atoms with van der Waals surface area (Å²) in [7, 11) is -0.907. The first-order chi connectivity index (χ1) is 7.50. The third-order valence-corrected chi connectivity index (χ3v) is 2.61. The average Bonchev–Trinajstić information content (AvgIpc) is 2.20. The van der Waals surface area contributed by atoms with E-state index in [9.17, 15) is 9.00 Å². The van der Waals surface area contributed by atoms with Crippen molar-refractivity contribution in [3.63, 3.8) is 0 Å². The van der Waals surface area contributed by atoms with Crippen molar-refractivity contribution in [3.05, 3.63) is 17.8 Å². The van der Waals surface area contributed by atoms with E-state index < -0.39 is 16.8 Å². The fraction of sp³-hybridized carbons (Fsp3) is 0.333. The molecule has 1 atom stereocenters. The molecule has 7 heteroatoms. The number of pyridine rings is 1. The Morgan fingerprint density at radius 1 is 1.62 bits per heavy atom. The van der Waals surface area contributed by atoms with E-state index in [-0.39, 0.29) is 5.69 Å². The standard InChI is InChI=1S/C9H13N3O3S/c1-16(15)5-4-11-8-6(10)2-3-7(12-8)9(13)14/h2-3H,4-5,10H2,1H3,(H,11,12)(H,13,14). The van der Waals surface area contributed by atoms with Gasteiger partial charge < -0.3 is 16.2 Å². The third-order valence-electron chi connectivity index (χ3n) is 1.83. The van der Waals surface area contributed by atoms with Gasteiger partial charge in [0.25, 0.3) is 0 Å². The number of carboxylic acid groups (broad SMARTS) is 1. The minimum Gasteiger partial charge on any atom is -0.477 e. The summed E-state index contributed by atoms with van der Waals surface area (Å²) in [5.41, 5.74) is 5.91. The fourth-order valence-corrected chi connectivity index (χ4v) is 1.43. The maximum atomic E-state index is 10.8. The lowest BCUT2D eigenvalue weighted by molar-refractivity contribution is 0.0690. The number of aromatic carboxylic acids is 1. The van der Waals surface area contributed by atoms with Crippen LogP contribution in [0.1, 0.15) is 10.5 Å². The van der Waals surface area contributed by atoms with E-state index in [0.717, 1.165) is 0 Å². The van der Waals surface area contributed by atoms with Crippen LogP contribution in [-0.2, 0) is 10.8 Å². The summed E-state index contributed by atoms with van der Waals surface area (Å²) in [6.07, 6.45) is 1.59. The summed E-state index contributed by atoms with van der Waals surface area (Å²) in [6.45, 7) is 0.434. The van der Waals surface area contributed by atoms with Crippen LogP contribution in [0.4, 0.5) is 11.5 Å². The number of hydrogen-bond donors (Lipinski definition) is 3. The zero-order valence-electron chi connectivity index (χ0n) is 8.77. The Kier molecular flexibility index (Phi) is 4.24. The van der Waals surface area contributed by atoms with Gasteiger partial charge in [-0.15, -0.1) is 0 Å². The molecular formula is C9H13N3O3S. The maximum absolute atomic E-state index is 10.8. The number of carboxylic acids is 1. The van der Waals surface area contributed by atoms with E-state index in [1.807, 2.05) is 0 Å². The van der Waals surface area contributed by atoms with Gasteiger partial charge in [-0.05, 0) is 12.1 Å². The van der Waals surface area contributed by atoms with Gasteiger partial charge in [0.1, 0.15) is 5.82 Å². The molecule has 88 valence electrons. The predicted molar refractivity (Wildman–Crippen MR) is 63.0 cm³/mol. The van der Waals surface area contributed by atoms with E-state index in [0.29, 0.717) is 23.8 Å². The maximum Gasteiger partial charge on any atom is 0.354 e. The molecule has 0 aliphatic carbocycles. The van der Waals surface area contributed by atoms with Gasteiger partial charge in [-0.1, -0.05) is 0 Å². The van der Waals surface area contributed by atoms with Crippen molar-refractivity contribution in [2.45, 2.75) is 0 Å². The number of rotatable bonds is 5. The Bertz CT molecular complexity index is 422. The number of carbonyl (C=O) groups is 1. The second-order valence-electron chi connectivity index (χ2n) is 3.14. The highest BCUT2D eigenvalue weighted by atomic mass is 32.2. The summed E-state index contributed by atoms with van der Waals surface area (Å²) in [5.74, 6) is -0.342. The van der Waals surface area contributed by atoms with E-state index >= 15 is 0 Å². The number of nitrogens with zero attached hydrogens (tertiary/aromatic N) is 1. The topological polar surface area (TPSA) is 105 Å². The van der Waals surface area contributed by atoms with Crippen LogP contribution in [0.3, 0.4) is 0 Å². The molecule has 0 aliphatic heterocycles. The highest BCUT2D eigenvalue weighted by Gasteiger charge is 2.08. The molecule has 0 bridgehead atoms. The van der Waals surface area contributed by atoms with Gasteiger partial charge in [-0.2, -0.15) is 0 Å². The molecule has 0 saturated heterocycles. The van der Waals surface area contributed by atoms with Gasteiger partial charge >= 0.3 is 5.97 Å². The molecule has 0 spiro atoms. The van der Waals surface area contributed by atoms with Crippen LogP contribution in [0.25, 0.3) is 0 Å². The summed E-state index contributed by atoms with van der Waals surface area (Å²) in [5, 5.41) is 11.6. The molecule has 4 N–H and O–H groups in total. The van der Waals surface area contributed by atoms with Crippen molar-refractivity contribution in [3.8, 4) is 0 Å². The lowest BCUT2D eigenvalue weighted by Crippen LogP contribution is -2.13. The van der Waals surface area contributed by atoms with Crippen LogP contribution in [0, 0.1) is 0 Å². The summed E-state index contributed by atoms with van der Waals surface area (Å²) in [6, 6.07) is 2.81. The van der Waals surface area contributed by atoms with Gasteiger partial charge in [0.2, 0.25) is 0 Å². The summed E-state index contributed by atoms with van der Waals surface area (Å²) >= 11 is 0. The SMILES string of the molecule is CS(=O)CCNc1nc(C(=O)O)ccc1N. The molecule has 1 rings (SSSR count). The molecule has 0 saturated carbocycles. The largest absolute Gasteiger partial charge is 0.477 e. The average molecular weight is 243 g/mol. The number of nitrogen functional groups attached to an aromatic ring is 1. The lowest BCUT2D eigenvalue weighted by atomic mass is 10.3. The quantitative estimate of drug-likeness (QED) is 0.680. The molecule has 0 aliphatic rings. The van der Waals surface area contributed by atoms with Crippen molar-refractivity contribution in [2.75, 3.05) is 29.6 Å². The highest BCUT2D eigenvalue weighted by Crippen LogP contribution is 2.15. The monoisotopic (exact) mass is 243 g/mol. The van der Waals surface area contributed by atoms with Crippen LogP contribution >= 0.6 is 0 Å². The molecule has 0 fully saturated rings. The molecule has 1 unspecified atom stereocenters.